The Hall–Kier alpha value is -1.80. The van der Waals surface area contributed by atoms with Gasteiger partial charge in [0.25, 0.3) is 5.56 Å². The molecule has 3 heterocycles. The second-order valence-corrected chi connectivity index (χ2v) is 6.46. The molecule has 0 saturated heterocycles. The molecule has 3 aromatic heterocycles. The number of nitrogens with zero attached hydrogens (tertiary/aromatic N) is 3. The van der Waals surface area contributed by atoms with Crippen molar-refractivity contribution in [2.24, 2.45) is 0 Å². The van der Waals surface area contributed by atoms with Crippen LogP contribution in [0.4, 0.5) is 0 Å². The van der Waals surface area contributed by atoms with Crippen molar-refractivity contribution >= 4 is 43.8 Å². The second-order valence-electron chi connectivity index (χ2n) is 4.42. The Morgan fingerprint density at radius 3 is 2.76 bits per heavy atom. The summed E-state index contributed by atoms with van der Waals surface area (Å²) in [7, 11) is 0. The van der Waals surface area contributed by atoms with Gasteiger partial charge in [-0.05, 0) is 25.8 Å². The van der Waals surface area contributed by atoms with Crippen LogP contribution >= 0.6 is 22.7 Å². The van der Waals surface area contributed by atoms with Gasteiger partial charge in [0.1, 0.15) is 14.7 Å². The first-order valence-electron chi connectivity index (χ1n) is 6.55. The summed E-state index contributed by atoms with van der Waals surface area (Å²) in [4.78, 5) is 30.5. The normalized spacial score (nSPS) is 11.4. The summed E-state index contributed by atoms with van der Waals surface area (Å²) in [6, 6.07) is 0. The van der Waals surface area contributed by atoms with Crippen molar-refractivity contribution in [3.8, 4) is 0 Å². The quantitative estimate of drug-likeness (QED) is 0.692. The molecular weight excluding hydrogens is 310 g/mol. The SMILES string of the molecule is CCOC(=O)c1sc2nc3sc(CC)nn3c(=O)c2c1C. The fraction of sp³-hybridized carbons (Fsp3) is 0.385. The van der Waals surface area contributed by atoms with Gasteiger partial charge in [0, 0.05) is 0 Å². The maximum atomic E-state index is 12.6. The highest BCUT2D eigenvalue weighted by molar-refractivity contribution is 7.21. The van der Waals surface area contributed by atoms with Crippen molar-refractivity contribution in [3.05, 3.63) is 25.8 Å². The van der Waals surface area contributed by atoms with Crippen LogP contribution in [0.2, 0.25) is 0 Å². The van der Waals surface area contributed by atoms with Crippen molar-refractivity contribution < 1.29 is 9.53 Å². The molecule has 0 aliphatic heterocycles. The second kappa shape index (κ2) is 5.19. The number of ether oxygens (including phenoxy) is 1. The van der Waals surface area contributed by atoms with Crippen molar-refractivity contribution in [3.63, 3.8) is 0 Å². The zero-order valence-electron chi connectivity index (χ0n) is 11.8. The van der Waals surface area contributed by atoms with Crippen LogP contribution < -0.4 is 5.56 Å². The summed E-state index contributed by atoms with van der Waals surface area (Å²) < 4.78 is 6.34. The van der Waals surface area contributed by atoms with Gasteiger partial charge in [-0.25, -0.2) is 9.78 Å². The number of esters is 1. The number of hydrogen-bond donors (Lipinski definition) is 0. The van der Waals surface area contributed by atoms with Crippen LogP contribution in [0.5, 0.6) is 0 Å². The Labute approximate surface area is 128 Å². The van der Waals surface area contributed by atoms with Crippen molar-refractivity contribution in [2.45, 2.75) is 27.2 Å². The lowest BCUT2D eigenvalue weighted by atomic mass is 10.2. The Morgan fingerprint density at radius 2 is 2.10 bits per heavy atom. The van der Waals surface area contributed by atoms with Crippen LogP contribution in [0.1, 0.15) is 34.1 Å². The number of hydrogen-bond acceptors (Lipinski definition) is 7. The molecule has 0 amide bonds. The van der Waals surface area contributed by atoms with E-state index in [-0.39, 0.29) is 5.56 Å². The predicted molar refractivity (Wildman–Crippen MR) is 82.6 cm³/mol. The fourth-order valence-corrected chi connectivity index (χ4v) is 4.03. The Kier molecular flexibility index (Phi) is 3.50. The third kappa shape index (κ3) is 2.14. The number of rotatable bonds is 3. The number of carbonyl (C=O) groups excluding carboxylic acids is 1. The van der Waals surface area contributed by atoms with E-state index >= 15 is 0 Å². The minimum Gasteiger partial charge on any atom is -0.462 e. The average Bonchev–Trinajstić information content (AvgIpc) is 3.01. The van der Waals surface area contributed by atoms with E-state index in [0.29, 0.717) is 32.2 Å². The molecule has 0 atom stereocenters. The average molecular weight is 323 g/mol. The van der Waals surface area contributed by atoms with Gasteiger partial charge in [0.2, 0.25) is 4.96 Å². The van der Waals surface area contributed by atoms with E-state index in [1.165, 1.54) is 27.2 Å². The van der Waals surface area contributed by atoms with Crippen LogP contribution in [0.15, 0.2) is 4.79 Å². The van der Waals surface area contributed by atoms with Crippen molar-refractivity contribution in [2.75, 3.05) is 6.61 Å². The van der Waals surface area contributed by atoms with E-state index in [4.69, 9.17) is 4.74 Å². The summed E-state index contributed by atoms with van der Waals surface area (Å²) in [5.74, 6) is -0.409. The van der Waals surface area contributed by atoms with E-state index in [1.54, 1.807) is 13.8 Å². The van der Waals surface area contributed by atoms with E-state index in [0.717, 1.165) is 11.4 Å². The molecule has 0 unspecified atom stereocenters. The van der Waals surface area contributed by atoms with Gasteiger partial charge in [-0.1, -0.05) is 18.3 Å². The number of aryl methyl sites for hydroxylation is 2. The van der Waals surface area contributed by atoms with Crippen LogP contribution in [0.25, 0.3) is 15.2 Å². The minimum atomic E-state index is -0.409. The fourth-order valence-electron chi connectivity index (χ4n) is 2.08. The summed E-state index contributed by atoms with van der Waals surface area (Å²) in [6.07, 6.45) is 0.758. The molecule has 0 aromatic carbocycles. The van der Waals surface area contributed by atoms with E-state index in [2.05, 4.69) is 10.1 Å². The Balaban J connectivity index is 2.31. The number of carbonyl (C=O) groups is 1. The molecule has 3 aromatic rings. The standard InChI is InChI=1S/C13H13N3O3S2/c1-4-7-15-16-11(17)8-6(3)9(12(18)19-5-2)21-10(8)14-13(16)20-7/h4-5H2,1-3H3. The van der Waals surface area contributed by atoms with E-state index < -0.39 is 5.97 Å². The van der Waals surface area contributed by atoms with Crippen LogP contribution in [-0.2, 0) is 11.2 Å². The van der Waals surface area contributed by atoms with Gasteiger partial charge < -0.3 is 4.74 Å². The smallest absolute Gasteiger partial charge is 0.348 e. The topological polar surface area (TPSA) is 73.6 Å². The first-order chi connectivity index (χ1) is 10.1. The summed E-state index contributed by atoms with van der Waals surface area (Å²) in [6.45, 7) is 5.78. The van der Waals surface area contributed by atoms with Crippen LogP contribution in [0, 0.1) is 6.92 Å². The first-order valence-corrected chi connectivity index (χ1v) is 8.19. The lowest BCUT2D eigenvalue weighted by Gasteiger charge is -1.98. The molecule has 21 heavy (non-hydrogen) atoms. The highest BCUT2D eigenvalue weighted by Gasteiger charge is 2.21. The molecule has 8 heteroatoms. The summed E-state index contributed by atoms with van der Waals surface area (Å²) in [5.41, 5.74) is 0.390. The highest BCUT2D eigenvalue weighted by atomic mass is 32.1. The van der Waals surface area contributed by atoms with E-state index in [1.807, 2.05) is 6.92 Å². The molecule has 0 saturated carbocycles. The molecule has 0 aliphatic carbocycles. The Morgan fingerprint density at radius 1 is 1.33 bits per heavy atom. The zero-order valence-corrected chi connectivity index (χ0v) is 13.4. The molecule has 0 bridgehead atoms. The maximum Gasteiger partial charge on any atom is 0.348 e. The maximum absolute atomic E-state index is 12.6. The van der Waals surface area contributed by atoms with Gasteiger partial charge in [-0.15, -0.1) is 11.3 Å². The van der Waals surface area contributed by atoms with Gasteiger partial charge in [-0.3, -0.25) is 4.79 Å². The summed E-state index contributed by atoms with van der Waals surface area (Å²) >= 11 is 2.59. The lowest BCUT2D eigenvalue weighted by Crippen LogP contribution is -2.15. The van der Waals surface area contributed by atoms with Crippen molar-refractivity contribution in [1.82, 2.24) is 14.6 Å². The van der Waals surface area contributed by atoms with Gasteiger partial charge in [0.15, 0.2) is 0 Å². The number of fused-ring (bicyclic) bond motifs is 2. The molecule has 6 nitrogen and oxygen atoms in total. The predicted octanol–water partition coefficient (Wildman–Crippen LogP) is 2.41. The third-order valence-corrected chi connectivity index (χ3v) is 5.32. The monoisotopic (exact) mass is 323 g/mol. The third-order valence-electron chi connectivity index (χ3n) is 3.10. The molecule has 0 fully saturated rings. The number of thiophene rings is 1. The summed E-state index contributed by atoms with van der Waals surface area (Å²) in [5, 5.41) is 5.57. The van der Waals surface area contributed by atoms with Gasteiger partial charge in [0.05, 0.1) is 12.0 Å². The lowest BCUT2D eigenvalue weighted by molar-refractivity contribution is 0.0531. The molecule has 0 spiro atoms. The molecule has 3 rings (SSSR count). The van der Waals surface area contributed by atoms with Gasteiger partial charge >= 0.3 is 5.97 Å². The van der Waals surface area contributed by atoms with Crippen molar-refractivity contribution in [1.29, 1.82) is 0 Å². The molecule has 0 N–H and O–H groups in total. The largest absolute Gasteiger partial charge is 0.462 e. The Bertz CT molecular complexity index is 907. The molecule has 110 valence electrons. The minimum absolute atomic E-state index is 0.227. The molecular formula is C13H13N3O3S2. The molecule has 0 aliphatic rings. The molecule has 0 radical (unpaired) electrons. The van der Waals surface area contributed by atoms with Crippen LogP contribution in [-0.4, -0.2) is 27.2 Å². The zero-order chi connectivity index (χ0) is 15.1. The van der Waals surface area contributed by atoms with Gasteiger partial charge in [-0.2, -0.15) is 9.61 Å². The van der Waals surface area contributed by atoms with Crippen LogP contribution in [0.3, 0.4) is 0 Å². The number of aromatic nitrogens is 3. The highest BCUT2D eigenvalue weighted by Crippen LogP contribution is 2.29. The first kappa shape index (κ1) is 14.2. The van der Waals surface area contributed by atoms with E-state index in [9.17, 15) is 9.59 Å².